The van der Waals surface area contributed by atoms with E-state index in [0.29, 0.717) is 6.54 Å². The average Bonchev–Trinajstić information content (AvgIpc) is 2.71. The molecule has 19 heavy (non-hydrogen) atoms. The summed E-state index contributed by atoms with van der Waals surface area (Å²) >= 11 is 0. The van der Waals surface area contributed by atoms with Crippen LogP contribution in [0.1, 0.15) is 11.3 Å². The van der Waals surface area contributed by atoms with Gasteiger partial charge in [0.25, 0.3) is 5.56 Å². The van der Waals surface area contributed by atoms with Gasteiger partial charge in [0.05, 0.1) is 17.8 Å². The number of rotatable bonds is 2. The Labute approximate surface area is 110 Å². The molecular formula is C15H15N3O. The largest absolute Gasteiger partial charge is 0.309 e. The molecule has 0 unspecified atom stereocenters. The lowest BCUT2D eigenvalue weighted by molar-refractivity contribution is 0.700. The minimum Gasteiger partial charge on any atom is -0.309 e. The molecule has 0 aliphatic heterocycles. The van der Waals surface area contributed by atoms with Gasteiger partial charge in [-0.2, -0.15) is 5.10 Å². The SMILES string of the molecule is Cc1ccn(Cc2nn(C)c3ccccc23)c(=O)c1. The van der Waals surface area contributed by atoms with Gasteiger partial charge in [0.2, 0.25) is 0 Å². The normalized spacial score (nSPS) is 11.1. The van der Waals surface area contributed by atoms with Crippen molar-refractivity contribution in [3.05, 3.63) is 64.2 Å². The molecule has 0 fully saturated rings. The molecule has 96 valence electrons. The van der Waals surface area contributed by atoms with Crippen molar-refractivity contribution in [1.82, 2.24) is 14.3 Å². The molecule has 0 atom stereocenters. The molecule has 0 amide bonds. The first-order chi connectivity index (χ1) is 9.15. The van der Waals surface area contributed by atoms with Crippen LogP contribution >= 0.6 is 0 Å². The third-order valence-corrected chi connectivity index (χ3v) is 3.31. The topological polar surface area (TPSA) is 39.8 Å². The Bertz CT molecular complexity index is 799. The highest BCUT2D eigenvalue weighted by Gasteiger charge is 2.08. The average molecular weight is 253 g/mol. The lowest BCUT2D eigenvalue weighted by atomic mass is 10.2. The van der Waals surface area contributed by atoms with Crippen LogP contribution in [-0.2, 0) is 13.6 Å². The van der Waals surface area contributed by atoms with Crippen molar-refractivity contribution < 1.29 is 0 Å². The van der Waals surface area contributed by atoms with E-state index in [1.807, 2.05) is 55.2 Å². The van der Waals surface area contributed by atoms with E-state index >= 15 is 0 Å². The highest BCUT2D eigenvalue weighted by Crippen LogP contribution is 2.17. The van der Waals surface area contributed by atoms with Crippen molar-refractivity contribution in [1.29, 1.82) is 0 Å². The van der Waals surface area contributed by atoms with Crippen molar-refractivity contribution in [3.63, 3.8) is 0 Å². The van der Waals surface area contributed by atoms with Gasteiger partial charge in [0, 0.05) is 24.7 Å². The maximum atomic E-state index is 11.9. The number of para-hydroxylation sites is 1. The number of benzene rings is 1. The predicted molar refractivity (Wildman–Crippen MR) is 75.3 cm³/mol. The van der Waals surface area contributed by atoms with Crippen LogP contribution in [0.3, 0.4) is 0 Å². The first-order valence-corrected chi connectivity index (χ1v) is 6.23. The molecule has 0 spiro atoms. The number of nitrogens with zero attached hydrogens (tertiary/aromatic N) is 3. The van der Waals surface area contributed by atoms with Crippen molar-refractivity contribution >= 4 is 10.9 Å². The van der Waals surface area contributed by atoms with Gasteiger partial charge < -0.3 is 4.57 Å². The van der Waals surface area contributed by atoms with Crippen LogP contribution in [-0.4, -0.2) is 14.3 Å². The third-order valence-electron chi connectivity index (χ3n) is 3.31. The smallest absolute Gasteiger partial charge is 0.251 e. The summed E-state index contributed by atoms with van der Waals surface area (Å²) in [5, 5.41) is 5.60. The first kappa shape index (κ1) is 11.7. The zero-order chi connectivity index (χ0) is 13.4. The Hall–Kier alpha value is -2.36. The highest BCUT2D eigenvalue weighted by atomic mass is 16.1. The van der Waals surface area contributed by atoms with Gasteiger partial charge in [-0.15, -0.1) is 0 Å². The van der Waals surface area contributed by atoms with E-state index in [9.17, 15) is 4.79 Å². The lowest BCUT2D eigenvalue weighted by Gasteiger charge is -2.03. The Morgan fingerprint density at radius 2 is 2.00 bits per heavy atom. The van der Waals surface area contributed by atoms with Gasteiger partial charge in [0.15, 0.2) is 0 Å². The number of aryl methyl sites for hydroxylation is 2. The molecule has 4 nitrogen and oxygen atoms in total. The predicted octanol–water partition coefficient (Wildman–Crippen LogP) is 2.09. The fraction of sp³-hybridized carbons (Fsp3) is 0.200. The third kappa shape index (κ3) is 2.05. The van der Waals surface area contributed by atoms with Crippen LogP contribution in [0.15, 0.2) is 47.4 Å². The zero-order valence-corrected chi connectivity index (χ0v) is 11.0. The van der Waals surface area contributed by atoms with E-state index in [4.69, 9.17) is 0 Å². The summed E-state index contributed by atoms with van der Waals surface area (Å²) in [6.07, 6.45) is 1.82. The Morgan fingerprint density at radius 1 is 1.21 bits per heavy atom. The maximum Gasteiger partial charge on any atom is 0.251 e. The van der Waals surface area contributed by atoms with Crippen molar-refractivity contribution in [2.45, 2.75) is 13.5 Å². The molecule has 3 rings (SSSR count). The monoisotopic (exact) mass is 253 g/mol. The van der Waals surface area contributed by atoms with E-state index in [0.717, 1.165) is 22.2 Å². The fourth-order valence-corrected chi connectivity index (χ4v) is 2.30. The molecular weight excluding hydrogens is 238 g/mol. The molecule has 0 saturated carbocycles. The zero-order valence-electron chi connectivity index (χ0n) is 11.0. The summed E-state index contributed by atoms with van der Waals surface area (Å²) in [7, 11) is 1.92. The second kappa shape index (κ2) is 4.39. The van der Waals surface area contributed by atoms with Gasteiger partial charge in [-0.05, 0) is 24.6 Å². The van der Waals surface area contributed by atoms with Crippen LogP contribution < -0.4 is 5.56 Å². The van der Waals surface area contributed by atoms with E-state index in [1.54, 1.807) is 10.6 Å². The first-order valence-electron chi connectivity index (χ1n) is 6.23. The van der Waals surface area contributed by atoms with Crippen LogP contribution in [0.2, 0.25) is 0 Å². The minimum absolute atomic E-state index is 0.00901. The summed E-state index contributed by atoms with van der Waals surface area (Å²) in [5.41, 5.74) is 2.99. The van der Waals surface area contributed by atoms with Gasteiger partial charge >= 0.3 is 0 Å². The van der Waals surface area contributed by atoms with Crippen LogP contribution in [0, 0.1) is 6.92 Å². The van der Waals surface area contributed by atoms with E-state index in [1.165, 1.54) is 0 Å². The Kier molecular flexibility index (Phi) is 2.71. The maximum absolute atomic E-state index is 11.9. The van der Waals surface area contributed by atoms with Gasteiger partial charge in [0.1, 0.15) is 0 Å². The van der Waals surface area contributed by atoms with E-state index in [-0.39, 0.29) is 5.56 Å². The molecule has 0 saturated heterocycles. The molecule has 2 aromatic heterocycles. The number of aromatic nitrogens is 3. The van der Waals surface area contributed by atoms with Gasteiger partial charge in [-0.25, -0.2) is 0 Å². The second-order valence-electron chi connectivity index (χ2n) is 4.76. The number of hydrogen-bond acceptors (Lipinski definition) is 2. The summed E-state index contributed by atoms with van der Waals surface area (Å²) in [6.45, 7) is 2.42. The molecule has 0 radical (unpaired) electrons. The molecule has 1 aromatic carbocycles. The van der Waals surface area contributed by atoms with Crippen molar-refractivity contribution in [3.8, 4) is 0 Å². The van der Waals surface area contributed by atoms with E-state index in [2.05, 4.69) is 5.10 Å². The number of hydrogen-bond donors (Lipinski definition) is 0. The van der Waals surface area contributed by atoms with E-state index < -0.39 is 0 Å². The second-order valence-corrected chi connectivity index (χ2v) is 4.76. The Balaban J connectivity index is 2.08. The minimum atomic E-state index is 0.00901. The molecule has 0 aliphatic carbocycles. The quantitative estimate of drug-likeness (QED) is 0.701. The van der Waals surface area contributed by atoms with Crippen LogP contribution in [0.5, 0.6) is 0 Å². The van der Waals surface area contributed by atoms with Crippen molar-refractivity contribution in [2.24, 2.45) is 7.05 Å². The molecule has 0 N–H and O–H groups in total. The molecule has 2 heterocycles. The standard InChI is InChI=1S/C15H15N3O/c1-11-7-8-18(15(19)9-11)10-13-12-5-3-4-6-14(12)17(2)16-13/h3-9H,10H2,1-2H3. The lowest BCUT2D eigenvalue weighted by Crippen LogP contribution is -2.19. The number of fused-ring (bicyclic) bond motifs is 1. The molecule has 0 aliphatic rings. The fourth-order valence-electron chi connectivity index (χ4n) is 2.30. The van der Waals surface area contributed by atoms with Crippen LogP contribution in [0.25, 0.3) is 10.9 Å². The van der Waals surface area contributed by atoms with Crippen molar-refractivity contribution in [2.75, 3.05) is 0 Å². The highest BCUT2D eigenvalue weighted by molar-refractivity contribution is 5.81. The number of pyridine rings is 1. The Morgan fingerprint density at radius 3 is 2.79 bits per heavy atom. The van der Waals surface area contributed by atoms with Gasteiger partial charge in [-0.3, -0.25) is 9.48 Å². The summed E-state index contributed by atoms with van der Waals surface area (Å²) in [5.74, 6) is 0. The molecule has 4 heteroatoms. The molecule has 0 bridgehead atoms. The van der Waals surface area contributed by atoms with Gasteiger partial charge in [-0.1, -0.05) is 18.2 Å². The van der Waals surface area contributed by atoms with Crippen LogP contribution in [0.4, 0.5) is 0 Å². The molecule has 3 aromatic rings. The summed E-state index contributed by atoms with van der Waals surface area (Å²) < 4.78 is 3.53. The summed E-state index contributed by atoms with van der Waals surface area (Å²) in [6, 6.07) is 11.6. The summed E-state index contributed by atoms with van der Waals surface area (Å²) in [4.78, 5) is 11.9.